The second-order valence-corrected chi connectivity index (χ2v) is 7.75. The Balaban J connectivity index is 4.48. The maximum atomic E-state index is 11.8. The minimum Gasteiger partial charge on any atom is -0.395 e. The van der Waals surface area contributed by atoms with Crippen molar-refractivity contribution >= 4 is 14.3 Å². The van der Waals surface area contributed by atoms with Crippen LogP contribution in [0.1, 0.15) is 27.2 Å². The molecule has 0 N–H and O–H groups in total. The van der Waals surface area contributed by atoms with E-state index < -0.39 is 14.7 Å². The standard InChI is InChI=1S/C13H26O4Si/c1-7-16-18(6,17-8-2)10-9-12(15-5)13(14)11(3)4/h12H,3,7-10H2,1-2,4-6H3. The average molecular weight is 274 g/mol. The zero-order chi connectivity index (χ0) is 14.2. The number of Topliss-reactive ketones (excluding diaryl/α,β-unsaturated/α-hetero) is 1. The van der Waals surface area contributed by atoms with Crippen LogP contribution in [0.25, 0.3) is 0 Å². The van der Waals surface area contributed by atoms with E-state index in [0.717, 1.165) is 6.04 Å². The molecule has 1 atom stereocenters. The van der Waals surface area contributed by atoms with E-state index in [1.165, 1.54) is 0 Å². The van der Waals surface area contributed by atoms with Gasteiger partial charge in [0.05, 0.1) is 0 Å². The van der Waals surface area contributed by atoms with Gasteiger partial charge in [-0.3, -0.25) is 4.79 Å². The van der Waals surface area contributed by atoms with E-state index in [1.54, 1.807) is 14.0 Å². The van der Waals surface area contributed by atoms with Gasteiger partial charge in [-0.1, -0.05) is 6.58 Å². The fraction of sp³-hybridized carbons (Fsp3) is 0.769. The summed E-state index contributed by atoms with van der Waals surface area (Å²) in [6, 6.07) is 0.742. The van der Waals surface area contributed by atoms with Crippen LogP contribution in [-0.4, -0.2) is 40.8 Å². The third kappa shape index (κ3) is 5.91. The molecule has 0 fully saturated rings. The molecule has 0 aromatic carbocycles. The Morgan fingerprint density at radius 3 is 2.11 bits per heavy atom. The molecule has 1 unspecified atom stereocenters. The molecule has 18 heavy (non-hydrogen) atoms. The summed E-state index contributed by atoms with van der Waals surface area (Å²) >= 11 is 0. The van der Waals surface area contributed by atoms with Crippen molar-refractivity contribution in [2.24, 2.45) is 0 Å². The molecule has 0 rings (SSSR count). The number of carbonyl (C=O) groups excluding carboxylic acids is 1. The van der Waals surface area contributed by atoms with Gasteiger partial charge in [-0.2, -0.15) is 0 Å². The van der Waals surface area contributed by atoms with Crippen LogP contribution in [0.3, 0.4) is 0 Å². The molecule has 0 spiro atoms. The summed E-state index contributed by atoms with van der Waals surface area (Å²) in [5.74, 6) is -0.0400. The Bertz CT molecular complexity index is 272. The fourth-order valence-corrected chi connectivity index (χ4v) is 4.20. The summed E-state index contributed by atoms with van der Waals surface area (Å²) in [6.07, 6.45) is 0.181. The summed E-state index contributed by atoms with van der Waals surface area (Å²) in [4.78, 5) is 11.8. The topological polar surface area (TPSA) is 44.8 Å². The largest absolute Gasteiger partial charge is 0.395 e. The third-order valence-electron chi connectivity index (χ3n) is 2.76. The van der Waals surface area contributed by atoms with Crippen LogP contribution in [-0.2, 0) is 18.4 Å². The zero-order valence-electron chi connectivity index (χ0n) is 12.2. The van der Waals surface area contributed by atoms with Crippen molar-refractivity contribution in [1.82, 2.24) is 0 Å². The number of rotatable bonds is 10. The molecule has 0 aliphatic heterocycles. The van der Waals surface area contributed by atoms with Gasteiger partial charge in [-0.05, 0) is 45.4 Å². The lowest BCUT2D eigenvalue weighted by Gasteiger charge is -2.27. The van der Waals surface area contributed by atoms with Gasteiger partial charge in [0.1, 0.15) is 6.10 Å². The summed E-state index contributed by atoms with van der Waals surface area (Å²) in [5.41, 5.74) is 0.526. The highest BCUT2D eigenvalue weighted by Gasteiger charge is 2.32. The maximum Gasteiger partial charge on any atom is 0.335 e. The Kier molecular flexibility index (Phi) is 8.35. The summed E-state index contributed by atoms with van der Waals surface area (Å²) in [5, 5.41) is 0. The van der Waals surface area contributed by atoms with Crippen molar-refractivity contribution in [2.45, 2.75) is 45.9 Å². The molecular formula is C13H26O4Si. The number of hydrogen-bond acceptors (Lipinski definition) is 4. The molecule has 5 heteroatoms. The van der Waals surface area contributed by atoms with Crippen LogP contribution < -0.4 is 0 Å². The SMILES string of the molecule is C=C(C)C(=O)C(CC[Si](C)(OCC)OCC)OC. The van der Waals surface area contributed by atoms with E-state index in [4.69, 9.17) is 13.6 Å². The highest BCUT2D eigenvalue weighted by atomic mass is 28.4. The van der Waals surface area contributed by atoms with E-state index in [9.17, 15) is 4.79 Å². The minimum absolute atomic E-state index is 0.0400. The van der Waals surface area contributed by atoms with Gasteiger partial charge in [0.15, 0.2) is 5.78 Å². The van der Waals surface area contributed by atoms with Gasteiger partial charge in [-0.15, -0.1) is 0 Å². The predicted octanol–water partition coefficient (Wildman–Crippen LogP) is 2.68. The summed E-state index contributed by atoms with van der Waals surface area (Å²) < 4.78 is 16.7. The monoisotopic (exact) mass is 274 g/mol. The van der Waals surface area contributed by atoms with E-state index in [1.807, 2.05) is 20.4 Å². The first-order chi connectivity index (χ1) is 8.40. The van der Waals surface area contributed by atoms with Crippen LogP contribution in [0, 0.1) is 0 Å². The average Bonchev–Trinajstić information content (AvgIpc) is 2.30. The van der Waals surface area contributed by atoms with Gasteiger partial charge in [-0.25, -0.2) is 0 Å². The lowest BCUT2D eigenvalue weighted by atomic mass is 10.1. The molecule has 0 saturated heterocycles. The Morgan fingerprint density at radius 2 is 1.78 bits per heavy atom. The van der Waals surface area contributed by atoms with E-state index >= 15 is 0 Å². The number of methoxy groups -OCH3 is 1. The highest BCUT2D eigenvalue weighted by Crippen LogP contribution is 2.19. The number of hydrogen-bond donors (Lipinski definition) is 0. The smallest absolute Gasteiger partial charge is 0.335 e. The molecule has 0 saturated carbocycles. The van der Waals surface area contributed by atoms with Crippen molar-refractivity contribution in [3.63, 3.8) is 0 Å². The quantitative estimate of drug-likeness (QED) is 0.454. The predicted molar refractivity (Wildman–Crippen MR) is 74.9 cm³/mol. The molecule has 0 aliphatic rings. The Morgan fingerprint density at radius 1 is 1.28 bits per heavy atom. The van der Waals surface area contributed by atoms with E-state index in [2.05, 4.69) is 6.58 Å². The molecule has 0 aromatic rings. The second-order valence-electron chi connectivity index (χ2n) is 4.41. The van der Waals surface area contributed by atoms with Gasteiger partial charge < -0.3 is 13.6 Å². The van der Waals surface area contributed by atoms with Crippen LogP contribution >= 0.6 is 0 Å². The lowest BCUT2D eigenvalue weighted by Crippen LogP contribution is -2.40. The number of ether oxygens (including phenoxy) is 1. The van der Waals surface area contributed by atoms with Crippen LogP contribution in [0.5, 0.6) is 0 Å². The van der Waals surface area contributed by atoms with Crippen LogP contribution in [0.15, 0.2) is 12.2 Å². The summed E-state index contributed by atoms with van der Waals surface area (Å²) in [7, 11) is -0.624. The molecule has 0 aromatic heterocycles. The van der Waals surface area contributed by atoms with Crippen molar-refractivity contribution in [1.29, 1.82) is 0 Å². The molecule has 4 nitrogen and oxygen atoms in total. The molecule has 0 aliphatic carbocycles. The fourth-order valence-electron chi connectivity index (χ4n) is 1.82. The first-order valence-electron chi connectivity index (χ1n) is 6.40. The van der Waals surface area contributed by atoms with E-state index in [0.29, 0.717) is 25.2 Å². The molecule has 106 valence electrons. The Hall–Kier alpha value is -0.493. The first kappa shape index (κ1) is 17.5. The molecular weight excluding hydrogens is 248 g/mol. The van der Waals surface area contributed by atoms with E-state index in [-0.39, 0.29) is 5.78 Å². The van der Waals surface area contributed by atoms with Gasteiger partial charge in [0, 0.05) is 20.3 Å². The van der Waals surface area contributed by atoms with Crippen molar-refractivity contribution < 1.29 is 18.4 Å². The first-order valence-corrected chi connectivity index (χ1v) is 8.93. The minimum atomic E-state index is -2.17. The third-order valence-corrected chi connectivity index (χ3v) is 5.75. The molecule has 0 radical (unpaired) electrons. The maximum absolute atomic E-state index is 11.8. The molecule has 0 bridgehead atoms. The molecule has 0 amide bonds. The van der Waals surface area contributed by atoms with Gasteiger partial charge in [0.25, 0.3) is 0 Å². The number of carbonyl (C=O) groups is 1. The Labute approximate surface area is 112 Å². The van der Waals surface area contributed by atoms with Crippen LogP contribution in [0.2, 0.25) is 12.6 Å². The van der Waals surface area contributed by atoms with Crippen molar-refractivity contribution in [3.8, 4) is 0 Å². The second kappa shape index (κ2) is 8.58. The number of ketones is 1. The zero-order valence-corrected chi connectivity index (χ0v) is 13.2. The van der Waals surface area contributed by atoms with Crippen molar-refractivity contribution in [3.05, 3.63) is 12.2 Å². The van der Waals surface area contributed by atoms with Gasteiger partial charge >= 0.3 is 8.56 Å². The molecule has 0 heterocycles. The normalized spacial score (nSPS) is 13.4. The van der Waals surface area contributed by atoms with Crippen molar-refractivity contribution in [2.75, 3.05) is 20.3 Å². The summed E-state index contributed by atoms with van der Waals surface area (Å²) in [6.45, 7) is 12.6. The lowest BCUT2D eigenvalue weighted by molar-refractivity contribution is -0.125. The highest BCUT2D eigenvalue weighted by molar-refractivity contribution is 6.66. The van der Waals surface area contributed by atoms with Gasteiger partial charge in [0.2, 0.25) is 0 Å². The van der Waals surface area contributed by atoms with Crippen LogP contribution in [0.4, 0.5) is 0 Å².